The van der Waals surface area contributed by atoms with Gasteiger partial charge in [0.1, 0.15) is 0 Å². The van der Waals surface area contributed by atoms with E-state index in [0.717, 1.165) is 48.6 Å². The Bertz CT molecular complexity index is 786. The lowest BCUT2D eigenvalue weighted by atomic mass is 10.1. The lowest BCUT2D eigenvalue weighted by Crippen LogP contribution is -2.45. The van der Waals surface area contributed by atoms with Crippen LogP contribution in [0.3, 0.4) is 0 Å². The number of urea groups is 1. The number of nitrogens with zero attached hydrogens (tertiary/aromatic N) is 2. The molecule has 1 aliphatic rings. The fraction of sp³-hybridized carbons (Fsp3) is 0.444. The zero-order chi connectivity index (χ0) is 18.5. The van der Waals surface area contributed by atoms with Crippen molar-refractivity contribution in [1.82, 2.24) is 20.8 Å². The first-order valence-corrected chi connectivity index (χ1v) is 9.58. The van der Waals surface area contributed by atoms with Crippen LogP contribution in [-0.2, 0) is 4.79 Å². The van der Waals surface area contributed by atoms with Crippen LogP contribution < -0.4 is 10.6 Å². The van der Waals surface area contributed by atoms with Crippen molar-refractivity contribution in [2.45, 2.75) is 56.0 Å². The van der Waals surface area contributed by atoms with Gasteiger partial charge in [0.2, 0.25) is 11.8 Å². The highest BCUT2D eigenvalue weighted by atomic mass is 32.2. The molecule has 2 aromatic rings. The number of rotatable bonds is 5. The van der Waals surface area contributed by atoms with Gasteiger partial charge in [-0.1, -0.05) is 42.8 Å². The molecule has 1 heterocycles. The molecule has 3 rings (SSSR count). The number of aryl methyl sites for hydroxylation is 1. The first-order valence-electron chi connectivity index (χ1n) is 8.70. The summed E-state index contributed by atoms with van der Waals surface area (Å²) in [5, 5.41) is 13.0. The number of aromatic nitrogens is 2. The van der Waals surface area contributed by atoms with E-state index in [4.69, 9.17) is 4.42 Å². The lowest BCUT2D eigenvalue weighted by Gasteiger charge is -2.13. The summed E-state index contributed by atoms with van der Waals surface area (Å²) in [4.78, 5) is 24.1. The molecule has 1 saturated carbocycles. The normalized spacial score (nSPS) is 15.6. The molecule has 0 bridgehead atoms. The fourth-order valence-electron chi connectivity index (χ4n) is 2.89. The summed E-state index contributed by atoms with van der Waals surface area (Å²) in [5.41, 5.74) is 1.89. The van der Waals surface area contributed by atoms with Crippen LogP contribution in [0.5, 0.6) is 0 Å². The Kier molecular flexibility index (Phi) is 5.92. The molecule has 3 amide bonds. The van der Waals surface area contributed by atoms with E-state index in [1.807, 2.05) is 31.2 Å². The number of thioether (sulfide) groups is 1. The number of hydrogen-bond acceptors (Lipinski definition) is 6. The molecule has 0 unspecified atom stereocenters. The number of nitrogens with one attached hydrogen (secondary N) is 2. The molecule has 1 atom stereocenters. The summed E-state index contributed by atoms with van der Waals surface area (Å²) in [6, 6.07) is 7.43. The van der Waals surface area contributed by atoms with Crippen LogP contribution in [0.25, 0.3) is 11.5 Å². The van der Waals surface area contributed by atoms with Gasteiger partial charge in [0, 0.05) is 11.6 Å². The molecule has 7 nitrogen and oxygen atoms in total. The number of imide groups is 1. The second-order valence-corrected chi connectivity index (χ2v) is 7.68. The molecule has 1 fully saturated rings. The Morgan fingerprint density at radius 3 is 2.69 bits per heavy atom. The van der Waals surface area contributed by atoms with E-state index in [1.165, 1.54) is 0 Å². The monoisotopic (exact) mass is 374 g/mol. The highest BCUT2D eigenvalue weighted by Crippen LogP contribution is 2.27. The minimum Gasteiger partial charge on any atom is -0.411 e. The maximum atomic E-state index is 12.2. The molecular formula is C18H22N4O3S. The first kappa shape index (κ1) is 18.4. The van der Waals surface area contributed by atoms with Crippen LogP contribution in [0.15, 0.2) is 33.9 Å². The summed E-state index contributed by atoms with van der Waals surface area (Å²) >= 11 is 1.13. The van der Waals surface area contributed by atoms with Gasteiger partial charge in [-0.15, -0.1) is 10.2 Å². The maximum Gasteiger partial charge on any atom is 0.321 e. The van der Waals surface area contributed by atoms with E-state index in [1.54, 1.807) is 6.92 Å². The lowest BCUT2D eigenvalue weighted by molar-refractivity contribution is -0.119. The highest BCUT2D eigenvalue weighted by molar-refractivity contribution is 8.00. The molecule has 0 spiro atoms. The minimum atomic E-state index is -0.533. The highest BCUT2D eigenvalue weighted by Gasteiger charge is 2.23. The van der Waals surface area contributed by atoms with Gasteiger partial charge in [-0.05, 0) is 38.3 Å². The molecule has 1 aromatic carbocycles. The third kappa shape index (κ3) is 4.63. The van der Waals surface area contributed by atoms with Crippen LogP contribution in [-0.4, -0.2) is 33.4 Å². The maximum absolute atomic E-state index is 12.2. The van der Waals surface area contributed by atoms with Crippen molar-refractivity contribution in [3.63, 3.8) is 0 Å². The Hall–Kier alpha value is -2.35. The predicted molar refractivity (Wildman–Crippen MR) is 98.7 cm³/mol. The summed E-state index contributed by atoms with van der Waals surface area (Å²) in [7, 11) is 0. The standard InChI is InChI=1S/C18H22N4O3S/c1-11-7-3-6-10-14(11)16-21-22-18(25-16)26-12(2)15(23)20-17(24)19-13-8-4-5-9-13/h3,6-7,10,12-13H,4-5,8-9H2,1-2H3,(H2,19,20,23,24)/t12-/m0/s1. The van der Waals surface area contributed by atoms with Crippen molar-refractivity contribution < 1.29 is 14.0 Å². The smallest absolute Gasteiger partial charge is 0.321 e. The molecule has 0 aliphatic heterocycles. The van der Waals surface area contributed by atoms with Gasteiger partial charge in [0.25, 0.3) is 5.22 Å². The average molecular weight is 374 g/mol. The Morgan fingerprint density at radius 1 is 1.23 bits per heavy atom. The first-order chi connectivity index (χ1) is 12.5. The molecule has 0 saturated heterocycles. The molecule has 1 aliphatic carbocycles. The van der Waals surface area contributed by atoms with Crippen molar-refractivity contribution in [3.05, 3.63) is 29.8 Å². The zero-order valence-electron chi connectivity index (χ0n) is 14.8. The third-order valence-electron chi connectivity index (χ3n) is 4.36. The molecule has 0 radical (unpaired) electrons. The van der Waals surface area contributed by atoms with Crippen LogP contribution in [0.1, 0.15) is 38.2 Å². The van der Waals surface area contributed by atoms with Crippen molar-refractivity contribution in [3.8, 4) is 11.5 Å². The topological polar surface area (TPSA) is 97.1 Å². The van der Waals surface area contributed by atoms with Crippen molar-refractivity contribution in [2.75, 3.05) is 0 Å². The molecule has 8 heteroatoms. The molecule has 26 heavy (non-hydrogen) atoms. The number of carbonyl (C=O) groups is 2. The largest absolute Gasteiger partial charge is 0.411 e. The molecule has 138 valence electrons. The van der Waals surface area contributed by atoms with Gasteiger partial charge in [-0.3, -0.25) is 10.1 Å². The number of carbonyl (C=O) groups excluding carboxylic acids is 2. The van der Waals surface area contributed by atoms with E-state index in [0.29, 0.717) is 11.1 Å². The van der Waals surface area contributed by atoms with E-state index >= 15 is 0 Å². The van der Waals surface area contributed by atoms with E-state index in [-0.39, 0.29) is 11.9 Å². The Labute approximate surface area is 156 Å². The summed E-state index contributed by atoms with van der Waals surface area (Å²) < 4.78 is 5.64. The van der Waals surface area contributed by atoms with E-state index < -0.39 is 11.3 Å². The molecule has 1 aromatic heterocycles. The SMILES string of the molecule is Cc1ccccc1-c1nnc(S[C@@H](C)C(=O)NC(=O)NC2CCCC2)o1. The van der Waals surface area contributed by atoms with E-state index in [9.17, 15) is 9.59 Å². The van der Waals surface area contributed by atoms with Crippen LogP contribution >= 0.6 is 11.8 Å². The average Bonchev–Trinajstić information content (AvgIpc) is 3.27. The summed E-state index contributed by atoms with van der Waals surface area (Å²) in [5.74, 6) is 0.0262. The van der Waals surface area contributed by atoms with Crippen LogP contribution in [0.2, 0.25) is 0 Å². The summed E-state index contributed by atoms with van der Waals surface area (Å²) in [6.45, 7) is 3.66. The number of benzene rings is 1. The summed E-state index contributed by atoms with van der Waals surface area (Å²) in [6.07, 6.45) is 4.17. The fourth-order valence-corrected chi connectivity index (χ4v) is 3.57. The zero-order valence-corrected chi connectivity index (χ0v) is 15.6. The van der Waals surface area contributed by atoms with Crippen molar-refractivity contribution in [1.29, 1.82) is 0 Å². The molecule has 2 N–H and O–H groups in total. The Balaban J connectivity index is 1.54. The van der Waals surface area contributed by atoms with Gasteiger partial charge >= 0.3 is 6.03 Å². The van der Waals surface area contributed by atoms with Crippen LogP contribution in [0, 0.1) is 6.92 Å². The number of amides is 3. The predicted octanol–water partition coefficient (Wildman–Crippen LogP) is 3.29. The second kappa shape index (κ2) is 8.35. The van der Waals surface area contributed by atoms with Crippen LogP contribution in [0.4, 0.5) is 4.79 Å². The number of hydrogen-bond donors (Lipinski definition) is 2. The van der Waals surface area contributed by atoms with E-state index in [2.05, 4.69) is 20.8 Å². The quantitative estimate of drug-likeness (QED) is 0.780. The van der Waals surface area contributed by atoms with Gasteiger partial charge in [0.05, 0.1) is 5.25 Å². The van der Waals surface area contributed by atoms with Gasteiger partial charge in [-0.25, -0.2) is 4.79 Å². The Morgan fingerprint density at radius 2 is 1.96 bits per heavy atom. The third-order valence-corrected chi connectivity index (χ3v) is 5.29. The van der Waals surface area contributed by atoms with Gasteiger partial charge < -0.3 is 9.73 Å². The second-order valence-electron chi connectivity index (χ2n) is 6.39. The van der Waals surface area contributed by atoms with Gasteiger partial charge in [0.15, 0.2) is 0 Å². The molecular weight excluding hydrogens is 352 g/mol. The minimum absolute atomic E-state index is 0.165. The van der Waals surface area contributed by atoms with Crippen molar-refractivity contribution in [2.24, 2.45) is 0 Å². The van der Waals surface area contributed by atoms with Crippen molar-refractivity contribution >= 4 is 23.7 Å². The van der Waals surface area contributed by atoms with Gasteiger partial charge in [-0.2, -0.15) is 0 Å².